The number of fused-ring (bicyclic) bond motifs is 1. The van der Waals surface area contributed by atoms with Gasteiger partial charge in [0.2, 0.25) is 10.0 Å². The lowest BCUT2D eigenvalue weighted by molar-refractivity contribution is 0.600. The summed E-state index contributed by atoms with van der Waals surface area (Å²) in [5.41, 5.74) is 1.46. The van der Waals surface area contributed by atoms with Gasteiger partial charge in [-0.1, -0.05) is 29.0 Å². The van der Waals surface area contributed by atoms with Crippen LogP contribution in [0, 0.1) is 0 Å². The average Bonchev–Trinajstić information content (AvgIpc) is 2.87. The van der Waals surface area contributed by atoms with Gasteiger partial charge < -0.3 is 0 Å². The van der Waals surface area contributed by atoms with Crippen LogP contribution >= 0.6 is 22.9 Å². The monoisotopic (exact) mass is 353 g/mol. The largest absolute Gasteiger partial charge is 0.261 e. The maximum atomic E-state index is 12.1. The summed E-state index contributed by atoms with van der Waals surface area (Å²) in [7, 11) is -3.47. The van der Waals surface area contributed by atoms with Gasteiger partial charge in [-0.3, -0.25) is 9.71 Å². The maximum absolute atomic E-state index is 12.1. The van der Waals surface area contributed by atoms with E-state index in [1.807, 2.05) is 6.07 Å². The summed E-state index contributed by atoms with van der Waals surface area (Å²) in [6.07, 6.45) is 2.00. The van der Waals surface area contributed by atoms with E-state index < -0.39 is 10.0 Å². The van der Waals surface area contributed by atoms with Crippen molar-refractivity contribution in [3.8, 4) is 0 Å². The van der Waals surface area contributed by atoms with Crippen molar-refractivity contribution in [3.63, 3.8) is 0 Å². The molecule has 0 unspecified atom stereocenters. The zero-order chi connectivity index (χ0) is 15.6. The number of aromatic nitrogens is 2. The van der Waals surface area contributed by atoms with Gasteiger partial charge in [0.1, 0.15) is 0 Å². The minimum Gasteiger partial charge on any atom is -0.261 e. The zero-order valence-corrected chi connectivity index (χ0v) is 13.7. The van der Waals surface area contributed by atoms with Crippen molar-refractivity contribution in [1.29, 1.82) is 0 Å². The molecule has 114 valence electrons. The second-order valence-corrected chi connectivity index (χ2v) is 7.93. The van der Waals surface area contributed by atoms with Crippen molar-refractivity contribution >= 4 is 48.3 Å². The Labute approximate surface area is 137 Å². The number of rotatable bonds is 5. The molecule has 1 N–H and O–H groups in total. The van der Waals surface area contributed by atoms with E-state index in [0.717, 1.165) is 15.9 Å². The SMILES string of the molecule is O=S(=O)(CCc1ccccn1)Nc1nc2ccc(Cl)cc2s1. The summed E-state index contributed by atoms with van der Waals surface area (Å²) < 4.78 is 27.6. The Bertz CT molecular complexity index is 895. The van der Waals surface area contributed by atoms with Crippen LogP contribution in [0.2, 0.25) is 5.02 Å². The fraction of sp³-hybridized carbons (Fsp3) is 0.143. The molecular formula is C14H12ClN3O2S2. The minimum absolute atomic E-state index is 0.0410. The van der Waals surface area contributed by atoms with E-state index in [1.165, 1.54) is 11.3 Å². The standard InChI is InChI=1S/C14H12ClN3O2S2/c15-10-4-5-12-13(9-10)21-14(17-12)18-22(19,20)8-6-11-3-1-2-7-16-11/h1-5,7,9H,6,8H2,(H,17,18). The predicted octanol–water partition coefficient (Wildman–Crippen LogP) is 3.33. The van der Waals surface area contributed by atoms with Gasteiger partial charge in [-0.2, -0.15) is 0 Å². The minimum atomic E-state index is -3.47. The lowest BCUT2D eigenvalue weighted by atomic mass is 10.3. The van der Waals surface area contributed by atoms with Crippen LogP contribution in [0.4, 0.5) is 5.13 Å². The van der Waals surface area contributed by atoms with E-state index in [0.29, 0.717) is 16.6 Å². The molecule has 0 saturated heterocycles. The second-order valence-electron chi connectivity index (χ2n) is 4.62. The number of nitrogens with one attached hydrogen (secondary N) is 1. The Morgan fingerprint density at radius 2 is 2.09 bits per heavy atom. The molecule has 0 aliphatic rings. The quantitative estimate of drug-likeness (QED) is 0.763. The molecule has 0 aliphatic carbocycles. The molecular weight excluding hydrogens is 342 g/mol. The number of benzene rings is 1. The molecule has 0 bridgehead atoms. The predicted molar refractivity (Wildman–Crippen MR) is 90.0 cm³/mol. The molecule has 22 heavy (non-hydrogen) atoms. The molecule has 0 spiro atoms. The molecule has 8 heteroatoms. The summed E-state index contributed by atoms with van der Waals surface area (Å²) in [4.78, 5) is 8.36. The smallest absolute Gasteiger partial charge is 0.234 e. The number of hydrogen-bond donors (Lipinski definition) is 1. The average molecular weight is 354 g/mol. The van der Waals surface area contributed by atoms with Crippen LogP contribution in [0.15, 0.2) is 42.6 Å². The van der Waals surface area contributed by atoms with Crippen molar-refractivity contribution < 1.29 is 8.42 Å². The first-order chi connectivity index (χ1) is 10.5. The molecule has 2 aromatic heterocycles. The Morgan fingerprint density at radius 1 is 1.23 bits per heavy atom. The molecule has 3 rings (SSSR count). The number of sulfonamides is 1. The first-order valence-electron chi connectivity index (χ1n) is 6.48. The van der Waals surface area contributed by atoms with Gasteiger partial charge in [0.25, 0.3) is 0 Å². The number of pyridine rings is 1. The van der Waals surface area contributed by atoms with Crippen molar-refractivity contribution in [1.82, 2.24) is 9.97 Å². The number of anilines is 1. The molecule has 0 saturated carbocycles. The van der Waals surface area contributed by atoms with Gasteiger partial charge in [0.15, 0.2) is 5.13 Å². The number of hydrogen-bond acceptors (Lipinski definition) is 5. The fourth-order valence-corrected chi connectivity index (χ4v) is 4.34. The molecule has 0 atom stereocenters. The molecule has 0 radical (unpaired) electrons. The summed E-state index contributed by atoms with van der Waals surface area (Å²) in [5.74, 6) is -0.0410. The fourth-order valence-electron chi connectivity index (χ4n) is 1.91. The van der Waals surface area contributed by atoms with Crippen molar-refractivity contribution in [2.24, 2.45) is 0 Å². The molecule has 2 heterocycles. The van der Waals surface area contributed by atoms with E-state index in [4.69, 9.17) is 11.6 Å². The van der Waals surface area contributed by atoms with E-state index in [2.05, 4.69) is 14.7 Å². The summed E-state index contributed by atoms with van der Waals surface area (Å²) >= 11 is 7.17. The topological polar surface area (TPSA) is 72.0 Å². The highest BCUT2D eigenvalue weighted by Crippen LogP contribution is 2.28. The lowest BCUT2D eigenvalue weighted by Gasteiger charge is -2.04. The van der Waals surface area contributed by atoms with E-state index in [-0.39, 0.29) is 5.75 Å². The number of aryl methyl sites for hydroxylation is 1. The van der Waals surface area contributed by atoms with E-state index >= 15 is 0 Å². The van der Waals surface area contributed by atoms with Gasteiger partial charge >= 0.3 is 0 Å². The van der Waals surface area contributed by atoms with Crippen molar-refractivity contribution in [2.75, 3.05) is 10.5 Å². The van der Waals surface area contributed by atoms with Crippen LogP contribution < -0.4 is 4.72 Å². The van der Waals surface area contributed by atoms with Crippen LogP contribution in [-0.2, 0) is 16.4 Å². The third-order valence-electron chi connectivity index (χ3n) is 2.95. The van der Waals surface area contributed by atoms with Crippen LogP contribution in [0.25, 0.3) is 10.2 Å². The number of thiazole rings is 1. The normalized spacial score (nSPS) is 11.7. The second kappa shape index (κ2) is 6.20. The van der Waals surface area contributed by atoms with Crippen LogP contribution in [-0.4, -0.2) is 24.1 Å². The molecule has 1 aromatic carbocycles. The van der Waals surface area contributed by atoms with Gasteiger partial charge in [-0.25, -0.2) is 13.4 Å². The Balaban J connectivity index is 1.72. The Hall–Kier alpha value is -1.70. The van der Waals surface area contributed by atoms with E-state index in [1.54, 1.807) is 36.5 Å². The molecule has 3 aromatic rings. The molecule has 0 fully saturated rings. The summed E-state index contributed by atoms with van der Waals surface area (Å²) in [6, 6.07) is 10.7. The number of halogens is 1. The molecule has 0 aliphatic heterocycles. The summed E-state index contributed by atoms with van der Waals surface area (Å²) in [6.45, 7) is 0. The highest BCUT2D eigenvalue weighted by molar-refractivity contribution is 7.92. The van der Waals surface area contributed by atoms with Crippen molar-refractivity contribution in [3.05, 3.63) is 53.3 Å². The Morgan fingerprint density at radius 3 is 2.86 bits per heavy atom. The third kappa shape index (κ3) is 3.73. The van der Waals surface area contributed by atoms with Crippen LogP contribution in [0.3, 0.4) is 0 Å². The molecule has 5 nitrogen and oxygen atoms in total. The van der Waals surface area contributed by atoms with Gasteiger partial charge in [0, 0.05) is 23.3 Å². The van der Waals surface area contributed by atoms with E-state index in [9.17, 15) is 8.42 Å². The third-order valence-corrected chi connectivity index (χ3v) is 5.49. The van der Waals surface area contributed by atoms with Crippen molar-refractivity contribution in [2.45, 2.75) is 6.42 Å². The van der Waals surface area contributed by atoms with Crippen LogP contribution in [0.1, 0.15) is 5.69 Å². The maximum Gasteiger partial charge on any atom is 0.234 e. The van der Waals surface area contributed by atoms with Crippen LogP contribution in [0.5, 0.6) is 0 Å². The first-order valence-corrected chi connectivity index (χ1v) is 9.33. The number of nitrogens with zero attached hydrogens (tertiary/aromatic N) is 2. The highest BCUT2D eigenvalue weighted by atomic mass is 35.5. The molecule has 0 amide bonds. The zero-order valence-electron chi connectivity index (χ0n) is 11.4. The summed E-state index contributed by atoms with van der Waals surface area (Å²) in [5, 5.41) is 0.944. The first kappa shape index (κ1) is 15.2. The van der Waals surface area contributed by atoms with Gasteiger partial charge in [-0.15, -0.1) is 0 Å². The van der Waals surface area contributed by atoms with Gasteiger partial charge in [-0.05, 0) is 30.3 Å². The Kier molecular flexibility index (Phi) is 4.28. The van der Waals surface area contributed by atoms with Gasteiger partial charge in [0.05, 0.1) is 16.0 Å². The lowest BCUT2D eigenvalue weighted by Crippen LogP contribution is -2.18. The highest BCUT2D eigenvalue weighted by Gasteiger charge is 2.14.